The third kappa shape index (κ3) is 5.36. The molecule has 0 amide bonds. The number of aliphatic hydroxyl groups is 1. The predicted molar refractivity (Wildman–Crippen MR) is 146 cm³/mol. The summed E-state index contributed by atoms with van der Waals surface area (Å²) in [5.74, 6) is 0.672. The van der Waals surface area contributed by atoms with Gasteiger partial charge in [0.2, 0.25) is 0 Å². The quantitative estimate of drug-likeness (QED) is 0.335. The molecule has 0 saturated carbocycles. The molecule has 0 bridgehead atoms. The lowest BCUT2D eigenvalue weighted by molar-refractivity contribution is -0.142. The van der Waals surface area contributed by atoms with Crippen molar-refractivity contribution in [3.63, 3.8) is 0 Å². The Morgan fingerprint density at radius 1 is 1.08 bits per heavy atom. The van der Waals surface area contributed by atoms with Crippen LogP contribution in [0.25, 0.3) is 32.8 Å². The van der Waals surface area contributed by atoms with E-state index in [1.54, 1.807) is 20.8 Å². The number of nitrogens with zero attached hydrogens (tertiary/aromatic N) is 1. The van der Waals surface area contributed by atoms with Crippen molar-refractivity contribution in [3.05, 3.63) is 70.9 Å². The van der Waals surface area contributed by atoms with E-state index in [0.29, 0.717) is 13.2 Å². The van der Waals surface area contributed by atoms with E-state index >= 15 is 0 Å². The normalized spacial score (nSPS) is 12.6. The fraction of sp³-hybridized carbons (Fsp3) is 0.355. The van der Waals surface area contributed by atoms with E-state index in [0.717, 1.165) is 50.7 Å². The minimum absolute atomic E-state index is 0.210. The molecule has 1 aliphatic heterocycles. The lowest BCUT2D eigenvalue weighted by Gasteiger charge is -2.22. The zero-order valence-electron chi connectivity index (χ0n) is 22.1. The summed E-state index contributed by atoms with van der Waals surface area (Å²) in [7, 11) is 0. The summed E-state index contributed by atoms with van der Waals surface area (Å²) in [6.45, 7) is 12.3. The van der Waals surface area contributed by atoms with E-state index in [1.165, 1.54) is 16.5 Å². The topological polar surface area (TPSA) is 68.7 Å². The highest BCUT2D eigenvalue weighted by Gasteiger charge is 2.22. The molecular weight excluding hydrogens is 450 g/mol. The van der Waals surface area contributed by atoms with Crippen molar-refractivity contribution < 1.29 is 19.4 Å². The van der Waals surface area contributed by atoms with Crippen molar-refractivity contribution >= 4 is 27.6 Å². The SMILES string of the molecule is CC(C)(C)O.CCOC(=O)Cc1c(C)cc2c(C)cccc2c1-c1ccc2c3c(ccnc13)CCO2. The molecular formula is C31H35NO4. The Morgan fingerprint density at radius 2 is 1.83 bits per heavy atom. The van der Waals surface area contributed by atoms with Crippen molar-refractivity contribution in [2.24, 2.45) is 0 Å². The largest absolute Gasteiger partial charge is 0.493 e. The van der Waals surface area contributed by atoms with Gasteiger partial charge in [0, 0.05) is 23.6 Å². The summed E-state index contributed by atoms with van der Waals surface area (Å²) in [6, 6.07) is 14.7. The summed E-state index contributed by atoms with van der Waals surface area (Å²) in [5, 5.41) is 11.9. The van der Waals surface area contributed by atoms with Crippen LogP contribution in [-0.4, -0.2) is 34.9 Å². The molecule has 3 aromatic carbocycles. The minimum Gasteiger partial charge on any atom is -0.493 e. The summed E-state index contributed by atoms with van der Waals surface area (Å²) in [5.41, 5.74) is 7.07. The van der Waals surface area contributed by atoms with Gasteiger partial charge in [-0.15, -0.1) is 0 Å². The monoisotopic (exact) mass is 485 g/mol. The number of carbonyl (C=O) groups excluding carboxylic acids is 1. The number of aromatic nitrogens is 1. The van der Waals surface area contributed by atoms with Gasteiger partial charge < -0.3 is 14.6 Å². The van der Waals surface area contributed by atoms with Crippen molar-refractivity contribution in [1.29, 1.82) is 0 Å². The smallest absolute Gasteiger partial charge is 0.310 e. The molecule has 0 unspecified atom stereocenters. The summed E-state index contributed by atoms with van der Waals surface area (Å²) >= 11 is 0. The molecule has 0 atom stereocenters. The molecule has 36 heavy (non-hydrogen) atoms. The van der Waals surface area contributed by atoms with Crippen LogP contribution in [0.1, 0.15) is 49.9 Å². The molecule has 0 radical (unpaired) electrons. The molecule has 1 aromatic heterocycles. The Balaban J connectivity index is 0.000000556. The summed E-state index contributed by atoms with van der Waals surface area (Å²) in [6.07, 6.45) is 2.99. The first-order valence-electron chi connectivity index (χ1n) is 12.5. The second kappa shape index (κ2) is 10.3. The second-order valence-corrected chi connectivity index (χ2v) is 10.3. The van der Waals surface area contributed by atoms with Gasteiger partial charge in [0.25, 0.3) is 0 Å². The van der Waals surface area contributed by atoms with Crippen LogP contribution < -0.4 is 4.74 Å². The van der Waals surface area contributed by atoms with Gasteiger partial charge in [-0.2, -0.15) is 0 Å². The average molecular weight is 486 g/mol. The second-order valence-electron chi connectivity index (χ2n) is 10.3. The zero-order chi connectivity index (χ0) is 26.0. The highest BCUT2D eigenvalue weighted by Crippen LogP contribution is 2.42. The first-order valence-corrected chi connectivity index (χ1v) is 12.5. The number of aryl methyl sites for hydroxylation is 2. The van der Waals surface area contributed by atoms with Crippen LogP contribution in [0, 0.1) is 13.8 Å². The number of esters is 1. The van der Waals surface area contributed by atoms with Gasteiger partial charge in [0.15, 0.2) is 0 Å². The molecule has 0 spiro atoms. The summed E-state index contributed by atoms with van der Waals surface area (Å²) < 4.78 is 11.2. The molecule has 0 saturated heterocycles. The molecule has 4 aromatic rings. The Bertz CT molecular complexity index is 1420. The van der Waals surface area contributed by atoms with E-state index < -0.39 is 5.60 Å². The first kappa shape index (κ1) is 25.6. The molecule has 2 heterocycles. The number of ether oxygens (including phenoxy) is 2. The number of carbonyl (C=O) groups is 1. The Morgan fingerprint density at radius 3 is 2.56 bits per heavy atom. The highest BCUT2D eigenvalue weighted by atomic mass is 16.5. The van der Waals surface area contributed by atoms with Gasteiger partial charge in [-0.3, -0.25) is 9.78 Å². The minimum atomic E-state index is -0.500. The Labute approximate surface area is 213 Å². The van der Waals surface area contributed by atoms with Crippen LogP contribution in [0.5, 0.6) is 5.75 Å². The summed E-state index contributed by atoms with van der Waals surface area (Å²) in [4.78, 5) is 17.3. The maximum atomic E-state index is 12.5. The third-order valence-corrected chi connectivity index (χ3v) is 6.20. The molecule has 5 heteroatoms. The Hall–Kier alpha value is -3.44. The van der Waals surface area contributed by atoms with E-state index in [9.17, 15) is 4.79 Å². The number of fused-ring (bicyclic) bond motifs is 1. The van der Waals surface area contributed by atoms with Gasteiger partial charge in [0.05, 0.1) is 30.8 Å². The van der Waals surface area contributed by atoms with Crippen LogP contribution in [-0.2, 0) is 22.4 Å². The van der Waals surface area contributed by atoms with E-state index in [-0.39, 0.29) is 12.4 Å². The molecule has 1 N–H and O–H groups in total. The lowest BCUT2D eigenvalue weighted by Crippen LogP contribution is -2.11. The van der Waals surface area contributed by atoms with Gasteiger partial charge >= 0.3 is 5.97 Å². The van der Waals surface area contributed by atoms with E-state index in [1.807, 2.05) is 19.2 Å². The molecule has 188 valence electrons. The molecule has 1 aliphatic rings. The Kier molecular flexibility index (Phi) is 7.32. The van der Waals surface area contributed by atoms with Crippen LogP contribution >= 0.6 is 0 Å². The number of hydrogen-bond donors (Lipinski definition) is 1. The molecule has 0 aliphatic carbocycles. The maximum absolute atomic E-state index is 12.5. The number of pyridine rings is 1. The standard InChI is InChI=1S/C27H25NO3.C4H10O/c1-4-30-24(29)15-22-17(3)14-21-16(2)6-5-7-19(21)26(22)20-8-9-23-25-18(11-13-31-23)10-12-28-27(20)25;1-4(2,3)5/h5-10,12,14H,4,11,13,15H2,1-3H3;5H,1-3H3. The fourth-order valence-corrected chi connectivity index (χ4v) is 4.75. The predicted octanol–water partition coefficient (Wildman–Crippen LogP) is 6.49. The highest BCUT2D eigenvalue weighted by molar-refractivity contribution is 6.09. The van der Waals surface area contributed by atoms with Gasteiger partial charge in [-0.1, -0.05) is 24.3 Å². The number of benzene rings is 3. The first-order chi connectivity index (χ1) is 17.1. The fourth-order valence-electron chi connectivity index (χ4n) is 4.75. The van der Waals surface area contributed by atoms with Crippen LogP contribution in [0.3, 0.4) is 0 Å². The number of hydrogen-bond acceptors (Lipinski definition) is 5. The van der Waals surface area contributed by atoms with Crippen LogP contribution in [0.15, 0.2) is 48.7 Å². The average Bonchev–Trinajstić information content (AvgIpc) is 2.81. The molecule has 5 rings (SSSR count). The third-order valence-electron chi connectivity index (χ3n) is 6.20. The van der Waals surface area contributed by atoms with Crippen molar-refractivity contribution in [2.75, 3.05) is 13.2 Å². The van der Waals surface area contributed by atoms with E-state index in [2.05, 4.69) is 50.2 Å². The number of rotatable bonds is 4. The van der Waals surface area contributed by atoms with Crippen molar-refractivity contribution in [3.8, 4) is 16.9 Å². The van der Waals surface area contributed by atoms with Gasteiger partial charge in [-0.05, 0) is 98.3 Å². The zero-order valence-corrected chi connectivity index (χ0v) is 22.1. The molecule has 5 nitrogen and oxygen atoms in total. The molecule has 0 fully saturated rings. The van der Waals surface area contributed by atoms with E-state index in [4.69, 9.17) is 19.6 Å². The van der Waals surface area contributed by atoms with Gasteiger partial charge in [-0.25, -0.2) is 0 Å². The van der Waals surface area contributed by atoms with Crippen molar-refractivity contribution in [1.82, 2.24) is 4.98 Å². The van der Waals surface area contributed by atoms with Crippen molar-refractivity contribution in [2.45, 2.75) is 60.0 Å². The van der Waals surface area contributed by atoms with Crippen LogP contribution in [0.2, 0.25) is 0 Å². The maximum Gasteiger partial charge on any atom is 0.310 e. The lowest BCUT2D eigenvalue weighted by atomic mass is 9.86. The van der Waals surface area contributed by atoms with Gasteiger partial charge in [0.1, 0.15) is 5.75 Å². The van der Waals surface area contributed by atoms with Crippen LogP contribution in [0.4, 0.5) is 0 Å².